The first-order chi connectivity index (χ1) is 13.5. The summed E-state index contributed by atoms with van der Waals surface area (Å²) in [4.78, 5) is 23.1. The molecule has 7 nitrogen and oxygen atoms in total. The fraction of sp³-hybridized carbons (Fsp3) is 0.350. The fourth-order valence-corrected chi connectivity index (χ4v) is 4.39. The van der Waals surface area contributed by atoms with E-state index in [-0.39, 0.29) is 23.9 Å². The number of carbonyl (C=O) groups excluding carboxylic acids is 1. The minimum atomic E-state index is -1.23. The molecule has 2 aromatic rings. The lowest BCUT2D eigenvalue weighted by molar-refractivity contribution is -0.141. The largest absolute Gasteiger partial charge is 0.489 e. The minimum Gasteiger partial charge on any atom is -0.489 e. The number of carbonyl (C=O) groups is 1. The molecule has 1 unspecified atom stereocenters. The molecule has 1 saturated heterocycles. The number of likely N-dealkylation sites (N-methyl/N-ethyl adjacent to an activating group) is 1. The van der Waals surface area contributed by atoms with Gasteiger partial charge in [-0.25, -0.2) is 9.98 Å². The van der Waals surface area contributed by atoms with Crippen LogP contribution in [-0.4, -0.2) is 48.1 Å². The predicted octanol–water partition coefficient (Wildman–Crippen LogP) is 1.67. The maximum atomic E-state index is 14.3. The first-order valence-electron chi connectivity index (χ1n) is 9.15. The Labute approximate surface area is 161 Å². The number of rotatable bonds is 1. The molecular formula is C20H19FN4O3. The lowest BCUT2D eigenvalue weighted by atomic mass is 9.71. The molecule has 3 aliphatic heterocycles. The highest BCUT2D eigenvalue weighted by atomic mass is 19.1. The van der Waals surface area contributed by atoms with Crippen molar-refractivity contribution in [3.05, 3.63) is 48.0 Å². The topological polar surface area (TPSA) is 90.0 Å². The molecule has 2 N–H and O–H groups in total. The summed E-state index contributed by atoms with van der Waals surface area (Å²) in [6, 6.07) is 8.60. The van der Waals surface area contributed by atoms with Gasteiger partial charge in [0.05, 0.1) is 19.1 Å². The van der Waals surface area contributed by atoms with E-state index in [1.54, 1.807) is 37.4 Å². The molecule has 4 heterocycles. The number of pyridine rings is 1. The maximum Gasteiger partial charge on any atom is 0.262 e. The number of ether oxygens (including phenoxy) is 2. The van der Waals surface area contributed by atoms with Crippen molar-refractivity contribution in [2.24, 2.45) is 16.6 Å². The number of nitrogens with zero attached hydrogens (tertiary/aromatic N) is 3. The Kier molecular flexibility index (Phi) is 3.67. The zero-order valence-corrected chi connectivity index (χ0v) is 15.3. The minimum absolute atomic E-state index is 0.153. The van der Waals surface area contributed by atoms with Gasteiger partial charge in [0.1, 0.15) is 11.9 Å². The Hall–Kier alpha value is -3.00. The van der Waals surface area contributed by atoms with Crippen LogP contribution < -0.4 is 10.5 Å². The summed E-state index contributed by atoms with van der Waals surface area (Å²) in [5, 5.41) is 0. The Morgan fingerprint density at radius 1 is 1.36 bits per heavy atom. The molecule has 0 radical (unpaired) electrons. The van der Waals surface area contributed by atoms with Gasteiger partial charge in [-0.1, -0.05) is 6.07 Å². The number of aromatic nitrogens is 1. The van der Waals surface area contributed by atoms with Gasteiger partial charge < -0.3 is 15.2 Å². The molecule has 0 saturated carbocycles. The summed E-state index contributed by atoms with van der Waals surface area (Å²) in [6.45, 7) is 0.904. The summed E-state index contributed by atoms with van der Waals surface area (Å²) in [6.07, 6.45) is 1.86. The molecular weight excluding hydrogens is 363 g/mol. The first kappa shape index (κ1) is 17.1. The third-order valence-electron chi connectivity index (χ3n) is 5.83. The number of guanidine groups is 1. The van der Waals surface area contributed by atoms with Crippen LogP contribution in [-0.2, 0) is 15.1 Å². The van der Waals surface area contributed by atoms with E-state index in [0.717, 1.165) is 0 Å². The second-order valence-corrected chi connectivity index (χ2v) is 7.28. The van der Waals surface area contributed by atoms with Gasteiger partial charge in [0.25, 0.3) is 5.91 Å². The van der Waals surface area contributed by atoms with E-state index < -0.39 is 11.5 Å². The monoisotopic (exact) mass is 382 g/mol. The van der Waals surface area contributed by atoms with Gasteiger partial charge in [-0.2, -0.15) is 4.39 Å². The standard InChI is InChI=1S/C20H19FN4O3/c1-25-18(26)20(24-19(25)22)13-9-11(12-3-2-7-23-17(12)21)4-5-15(13)28-16-6-8-27-10-14(16)20/h2-5,7,9,14,16H,6,8,10H2,1H3,(H2,22,24)/t14-,16?,20-/m0/s1. The Morgan fingerprint density at radius 2 is 2.21 bits per heavy atom. The molecule has 0 bridgehead atoms. The van der Waals surface area contributed by atoms with Crippen LogP contribution in [0, 0.1) is 11.9 Å². The lowest BCUT2D eigenvalue weighted by Gasteiger charge is -2.45. The molecule has 0 aliphatic carbocycles. The van der Waals surface area contributed by atoms with Crippen molar-refractivity contribution < 1.29 is 18.7 Å². The van der Waals surface area contributed by atoms with Crippen molar-refractivity contribution >= 4 is 11.9 Å². The number of aliphatic imine (C=N–C) groups is 1. The van der Waals surface area contributed by atoms with Gasteiger partial charge in [0.2, 0.25) is 5.95 Å². The summed E-state index contributed by atoms with van der Waals surface area (Å²) < 4.78 is 26.1. The number of benzene rings is 1. The summed E-state index contributed by atoms with van der Waals surface area (Å²) >= 11 is 0. The Bertz CT molecular complexity index is 1010. The van der Waals surface area contributed by atoms with Crippen molar-refractivity contribution in [2.75, 3.05) is 20.3 Å². The molecule has 5 rings (SSSR count). The highest BCUT2D eigenvalue weighted by molar-refractivity contribution is 6.07. The van der Waals surface area contributed by atoms with Crippen molar-refractivity contribution in [3.8, 4) is 16.9 Å². The third-order valence-corrected chi connectivity index (χ3v) is 5.83. The molecule has 1 aromatic heterocycles. The quantitative estimate of drug-likeness (QED) is 0.758. The molecule has 3 aliphatic rings. The van der Waals surface area contributed by atoms with Gasteiger partial charge in [-0.3, -0.25) is 9.69 Å². The average Bonchev–Trinajstić information content (AvgIpc) is 2.93. The van der Waals surface area contributed by atoms with Gasteiger partial charge in [-0.05, 0) is 29.8 Å². The summed E-state index contributed by atoms with van der Waals surface area (Å²) in [5.41, 5.74) is 6.32. The van der Waals surface area contributed by atoms with Crippen molar-refractivity contribution in [3.63, 3.8) is 0 Å². The molecule has 8 heteroatoms. The molecule has 28 heavy (non-hydrogen) atoms. The van der Waals surface area contributed by atoms with E-state index in [4.69, 9.17) is 15.2 Å². The normalized spacial score (nSPS) is 28.6. The zero-order valence-electron chi connectivity index (χ0n) is 15.3. The van der Waals surface area contributed by atoms with E-state index in [0.29, 0.717) is 42.1 Å². The molecule has 1 spiro atoms. The van der Waals surface area contributed by atoms with Crippen molar-refractivity contribution in [1.29, 1.82) is 0 Å². The number of hydrogen-bond acceptors (Lipinski definition) is 6. The van der Waals surface area contributed by atoms with Crippen LogP contribution in [0.25, 0.3) is 11.1 Å². The average molecular weight is 382 g/mol. The highest BCUT2D eigenvalue weighted by Crippen LogP contribution is 2.51. The van der Waals surface area contributed by atoms with Crippen LogP contribution in [0.4, 0.5) is 4.39 Å². The maximum absolute atomic E-state index is 14.3. The zero-order chi connectivity index (χ0) is 19.5. The van der Waals surface area contributed by atoms with Crippen molar-refractivity contribution in [1.82, 2.24) is 9.88 Å². The Balaban J connectivity index is 1.74. The van der Waals surface area contributed by atoms with Crippen LogP contribution in [0.2, 0.25) is 0 Å². The second-order valence-electron chi connectivity index (χ2n) is 7.28. The van der Waals surface area contributed by atoms with Crippen LogP contribution in [0.5, 0.6) is 5.75 Å². The molecule has 3 atom stereocenters. The summed E-state index contributed by atoms with van der Waals surface area (Å²) in [7, 11) is 1.61. The molecule has 144 valence electrons. The SMILES string of the molecule is CN1C(=O)[C@]2(N=C1N)c1cc(-c3cccnc3F)ccc1OC1CCOC[C@@H]12. The number of halogens is 1. The van der Waals surface area contributed by atoms with Gasteiger partial charge in [-0.15, -0.1) is 0 Å². The number of amides is 1. The summed E-state index contributed by atoms with van der Waals surface area (Å²) in [5.74, 6) is -0.390. The number of fused-ring (bicyclic) bond motifs is 4. The fourth-order valence-electron chi connectivity index (χ4n) is 4.39. The lowest BCUT2D eigenvalue weighted by Crippen LogP contribution is -2.56. The van der Waals surface area contributed by atoms with E-state index in [2.05, 4.69) is 9.98 Å². The van der Waals surface area contributed by atoms with E-state index in [1.165, 1.54) is 11.1 Å². The first-order valence-corrected chi connectivity index (χ1v) is 9.15. The number of hydrogen-bond donors (Lipinski definition) is 1. The molecule has 1 amide bonds. The van der Waals surface area contributed by atoms with Gasteiger partial charge >= 0.3 is 0 Å². The van der Waals surface area contributed by atoms with Crippen LogP contribution >= 0.6 is 0 Å². The number of nitrogens with two attached hydrogens (primary N) is 1. The second kappa shape index (κ2) is 6.00. The van der Waals surface area contributed by atoms with Crippen LogP contribution in [0.15, 0.2) is 41.5 Å². The smallest absolute Gasteiger partial charge is 0.262 e. The van der Waals surface area contributed by atoms with Gasteiger partial charge in [0, 0.05) is 30.8 Å². The van der Waals surface area contributed by atoms with Crippen molar-refractivity contribution in [2.45, 2.75) is 18.1 Å². The van der Waals surface area contributed by atoms with E-state index in [1.807, 2.05) is 0 Å². The molecule has 1 aromatic carbocycles. The van der Waals surface area contributed by atoms with E-state index >= 15 is 0 Å². The predicted molar refractivity (Wildman–Crippen MR) is 99.0 cm³/mol. The van der Waals surface area contributed by atoms with E-state index in [9.17, 15) is 9.18 Å². The van der Waals surface area contributed by atoms with Gasteiger partial charge in [0.15, 0.2) is 11.5 Å². The highest BCUT2D eigenvalue weighted by Gasteiger charge is 2.60. The molecule has 1 fully saturated rings. The van der Waals surface area contributed by atoms with Crippen LogP contribution in [0.3, 0.4) is 0 Å². The third kappa shape index (κ3) is 2.21. The Morgan fingerprint density at radius 3 is 2.96 bits per heavy atom. The van der Waals surface area contributed by atoms with Crippen LogP contribution in [0.1, 0.15) is 12.0 Å².